The molecule has 0 bridgehead atoms. The average molecular weight is 370 g/mol. The molecule has 0 unspecified atom stereocenters. The van der Waals surface area contributed by atoms with Crippen LogP contribution in [-0.4, -0.2) is 55.0 Å². The average Bonchev–Trinajstić information content (AvgIpc) is 2.65. The van der Waals surface area contributed by atoms with Crippen LogP contribution in [0.25, 0.3) is 0 Å². The second kappa shape index (κ2) is 11.5. The molecule has 0 spiro atoms. The third kappa shape index (κ3) is 7.60. The molecule has 7 heteroatoms. The van der Waals surface area contributed by atoms with E-state index in [1.807, 2.05) is 0 Å². The van der Waals surface area contributed by atoms with Gasteiger partial charge in [-0.25, -0.2) is 0 Å². The van der Waals surface area contributed by atoms with Gasteiger partial charge in [0.15, 0.2) is 0 Å². The summed E-state index contributed by atoms with van der Waals surface area (Å²) in [6.45, 7) is 1.81. The Hall–Kier alpha value is -1.18. The molecule has 2 rings (SSSR count). The van der Waals surface area contributed by atoms with E-state index in [4.69, 9.17) is 20.3 Å². The van der Waals surface area contributed by atoms with Crippen molar-refractivity contribution in [2.45, 2.75) is 82.5 Å². The highest BCUT2D eigenvalue weighted by molar-refractivity contribution is 5.76. The van der Waals surface area contributed by atoms with E-state index in [0.717, 1.165) is 44.9 Å². The zero-order valence-electron chi connectivity index (χ0n) is 15.7. The number of carbonyl (C=O) groups excluding carboxylic acids is 1. The fourth-order valence-electron chi connectivity index (χ4n) is 3.87. The fraction of sp³-hybridized carbons (Fsp3) is 0.895. The van der Waals surface area contributed by atoms with E-state index in [0.29, 0.717) is 45.1 Å². The third-order valence-corrected chi connectivity index (χ3v) is 5.44. The van der Waals surface area contributed by atoms with Crippen LogP contribution in [0.4, 0.5) is 0 Å². The molecule has 1 amide bonds. The zero-order chi connectivity index (χ0) is 18.8. The summed E-state index contributed by atoms with van der Waals surface area (Å²) in [4.78, 5) is 23.0. The van der Waals surface area contributed by atoms with Gasteiger partial charge in [-0.15, -0.1) is 0 Å². The third-order valence-electron chi connectivity index (χ3n) is 5.44. The van der Waals surface area contributed by atoms with Gasteiger partial charge in [-0.1, -0.05) is 0 Å². The van der Waals surface area contributed by atoms with Crippen LogP contribution in [0.2, 0.25) is 0 Å². The van der Waals surface area contributed by atoms with Crippen molar-refractivity contribution < 1.29 is 24.2 Å². The molecule has 0 atom stereocenters. The topological polar surface area (TPSA) is 111 Å². The Bertz CT molecular complexity index is 430. The van der Waals surface area contributed by atoms with Crippen molar-refractivity contribution in [1.29, 1.82) is 0 Å². The van der Waals surface area contributed by atoms with Crippen LogP contribution in [0.1, 0.15) is 64.2 Å². The summed E-state index contributed by atoms with van der Waals surface area (Å²) in [5, 5.41) is 12.0. The Labute approximate surface area is 156 Å². The highest BCUT2D eigenvalue weighted by atomic mass is 16.5. The van der Waals surface area contributed by atoms with Gasteiger partial charge < -0.3 is 25.6 Å². The first-order valence-corrected chi connectivity index (χ1v) is 10.0. The second-order valence-electron chi connectivity index (χ2n) is 7.49. The van der Waals surface area contributed by atoms with Gasteiger partial charge in [0.1, 0.15) is 0 Å². The molecule has 0 aromatic rings. The lowest BCUT2D eigenvalue weighted by Crippen LogP contribution is -2.38. The van der Waals surface area contributed by atoms with Crippen LogP contribution in [0, 0.1) is 5.92 Å². The Balaban J connectivity index is 1.48. The minimum Gasteiger partial charge on any atom is -0.481 e. The van der Waals surface area contributed by atoms with Crippen LogP contribution >= 0.6 is 0 Å². The molecule has 0 heterocycles. The van der Waals surface area contributed by atoms with E-state index in [9.17, 15) is 9.59 Å². The van der Waals surface area contributed by atoms with Crippen molar-refractivity contribution in [2.24, 2.45) is 11.7 Å². The number of amides is 1. The summed E-state index contributed by atoms with van der Waals surface area (Å²) >= 11 is 0. The number of nitrogens with one attached hydrogen (secondary N) is 1. The van der Waals surface area contributed by atoms with Gasteiger partial charge in [0.05, 0.1) is 24.7 Å². The minimum absolute atomic E-state index is 0.0475. The van der Waals surface area contributed by atoms with E-state index >= 15 is 0 Å². The summed E-state index contributed by atoms with van der Waals surface area (Å²) in [6.07, 6.45) is 8.67. The van der Waals surface area contributed by atoms with Gasteiger partial charge in [0.2, 0.25) is 5.91 Å². The van der Waals surface area contributed by atoms with Gasteiger partial charge in [0.25, 0.3) is 0 Å². The van der Waals surface area contributed by atoms with E-state index in [-0.39, 0.29) is 24.0 Å². The first-order valence-electron chi connectivity index (χ1n) is 10.0. The largest absolute Gasteiger partial charge is 0.481 e. The summed E-state index contributed by atoms with van der Waals surface area (Å²) in [6, 6.07) is 0.128. The molecule has 2 aliphatic carbocycles. The molecular formula is C19H34N2O5. The van der Waals surface area contributed by atoms with Crippen molar-refractivity contribution in [2.75, 3.05) is 19.8 Å². The lowest BCUT2D eigenvalue weighted by Gasteiger charge is -2.28. The van der Waals surface area contributed by atoms with Gasteiger partial charge in [-0.05, 0) is 57.8 Å². The van der Waals surface area contributed by atoms with Crippen LogP contribution < -0.4 is 11.1 Å². The summed E-state index contributed by atoms with van der Waals surface area (Å²) in [7, 11) is 0. The Morgan fingerprint density at radius 3 is 2.04 bits per heavy atom. The van der Waals surface area contributed by atoms with Crippen LogP contribution in [0.3, 0.4) is 0 Å². The van der Waals surface area contributed by atoms with Crippen molar-refractivity contribution in [3.63, 3.8) is 0 Å². The predicted molar refractivity (Wildman–Crippen MR) is 97.8 cm³/mol. The predicted octanol–water partition coefficient (Wildman–Crippen LogP) is 1.83. The summed E-state index contributed by atoms with van der Waals surface area (Å²) < 4.78 is 11.6. The van der Waals surface area contributed by atoms with Crippen LogP contribution in [0.15, 0.2) is 0 Å². The smallest absolute Gasteiger partial charge is 0.306 e. The molecule has 4 N–H and O–H groups in total. The standard InChI is InChI=1S/C19H34N2O5/c20-11-13-26-17-9-7-16(8-10-17)25-12-1-2-18(22)21-15-5-3-14(4-6-15)19(23)24/h14-17H,1-13,20H2,(H,21,22)(H,23,24). The van der Waals surface area contributed by atoms with Crippen molar-refractivity contribution in [3.05, 3.63) is 0 Å². The number of carboxylic acid groups (broad SMARTS) is 1. The van der Waals surface area contributed by atoms with Crippen molar-refractivity contribution >= 4 is 11.9 Å². The first kappa shape index (κ1) is 21.1. The van der Waals surface area contributed by atoms with Crippen molar-refractivity contribution in [1.82, 2.24) is 5.32 Å². The molecule has 2 aliphatic rings. The number of aliphatic carboxylic acids is 1. The van der Waals surface area contributed by atoms with Crippen LogP contribution in [-0.2, 0) is 19.1 Å². The normalized spacial score (nSPS) is 29.3. The Morgan fingerprint density at radius 2 is 1.50 bits per heavy atom. The number of hydrogen-bond donors (Lipinski definition) is 3. The number of ether oxygens (including phenoxy) is 2. The molecule has 0 radical (unpaired) electrons. The number of carboxylic acids is 1. The molecule has 0 saturated heterocycles. The maximum atomic E-state index is 12.0. The molecule has 0 aromatic heterocycles. The molecule has 2 fully saturated rings. The molecule has 7 nitrogen and oxygen atoms in total. The monoisotopic (exact) mass is 370 g/mol. The molecule has 0 aromatic carbocycles. The van der Waals surface area contributed by atoms with E-state index in [1.54, 1.807) is 0 Å². The van der Waals surface area contributed by atoms with E-state index < -0.39 is 5.97 Å². The minimum atomic E-state index is -0.716. The highest BCUT2D eigenvalue weighted by Gasteiger charge is 2.26. The lowest BCUT2D eigenvalue weighted by atomic mass is 9.86. The van der Waals surface area contributed by atoms with Gasteiger partial charge in [-0.3, -0.25) is 9.59 Å². The molecule has 2 saturated carbocycles. The molecule has 26 heavy (non-hydrogen) atoms. The number of carbonyl (C=O) groups is 2. The Kier molecular flexibility index (Phi) is 9.36. The van der Waals surface area contributed by atoms with Gasteiger partial charge in [0, 0.05) is 25.6 Å². The quantitative estimate of drug-likeness (QED) is 0.506. The summed E-state index contributed by atoms with van der Waals surface area (Å²) in [5.74, 6) is -0.912. The molecule has 150 valence electrons. The zero-order valence-corrected chi connectivity index (χ0v) is 15.7. The maximum Gasteiger partial charge on any atom is 0.306 e. The van der Waals surface area contributed by atoms with Crippen LogP contribution in [0.5, 0.6) is 0 Å². The van der Waals surface area contributed by atoms with Gasteiger partial charge >= 0.3 is 5.97 Å². The fourth-order valence-corrected chi connectivity index (χ4v) is 3.87. The van der Waals surface area contributed by atoms with Gasteiger partial charge in [-0.2, -0.15) is 0 Å². The number of nitrogens with two attached hydrogens (primary N) is 1. The summed E-state index contributed by atoms with van der Waals surface area (Å²) in [5.41, 5.74) is 5.45. The lowest BCUT2D eigenvalue weighted by molar-refractivity contribution is -0.142. The molecular weight excluding hydrogens is 336 g/mol. The molecule has 0 aliphatic heterocycles. The van der Waals surface area contributed by atoms with E-state index in [2.05, 4.69) is 5.32 Å². The van der Waals surface area contributed by atoms with E-state index in [1.165, 1.54) is 0 Å². The maximum absolute atomic E-state index is 12.0. The second-order valence-corrected chi connectivity index (χ2v) is 7.49. The Morgan fingerprint density at radius 1 is 0.923 bits per heavy atom. The highest BCUT2D eigenvalue weighted by Crippen LogP contribution is 2.25. The number of hydrogen-bond acceptors (Lipinski definition) is 5. The first-order chi connectivity index (χ1) is 12.6. The SMILES string of the molecule is NCCOC1CCC(OCCCC(=O)NC2CCC(C(=O)O)CC2)CC1. The van der Waals surface area contributed by atoms with Crippen molar-refractivity contribution in [3.8, 4) is 0 Å². The number of rotatable bonds is 10.